The highest BCUT2D eigenvalue weighted by molar-refractivity contribution is 5.48. The number of hydrogen-bond donors (Lipinski definition) is 2. The Hall–Kier alpha value is -1.22. The molecule has 0 aliphatic rings. The first-order valence-corrected chi connectivity index (χ1v) is 5.41. The quantitative estimate of drug-likeness (QED) is 0.755. The minimum atomic E-state index is -0.291. The number of nitrogens with one attached hydrogen (secondary N) is 1. The minimum Gasteiger partial charge on any atom is -0.494 e. The summed E-state index contributed by atoms with van der Waals surface area (Å²) in [5, 5.41) is 12.6. The van der Waals surface area contributed by atoms with E-state index in [1.165, 1.54) is 0 Å². The first-order valence-electron chi connectivity index (χ1n) is 5.41. The second-order valence-corrected chi connectivity index (χ2v) is 3.40. The van der Waals surface area contributed by atoms with Crippen molar-refractivity contribution in [3.63, 3.8) is 0 Å². The first-order chi connectivity index (χ1) is 7.26. The Labute approximate surface area is 91.1 Å². The first kappa shape index (κ1) is 11.9. The van der Waals surface area contributed by atoms with E-state index >= 15 is 0 Å². The van der Waals surface area contributed by atoms with Crippen LogP contribution >= 0.6 is 0 Å². The van der Waals surface area contributed by atoms with Gasteiger partial charge in [-0.05, 0) is 25.5 Å². The van der Waals surface area contributed by atoms with Gasteiger partial charge in [-0.15, -0.1) is 0 Å². The van der Waals surface area contributed by atoms with Crippen LogP contribution in [-0.2, 0) is 0 Å². The third-order valence-corrected chi connectivity index (χ3v) is 2.16. The molecule has 0 spiro atoms. The van der Waals surface area contributed by atoms with E-state index < -0.39 is 0 Å². The van der Waals surface area contributed by atoms with Gasteiger partial charge >= 0.3 is 0 Å². The summed E-state index contributed by atoms with van der Waals surface area (Å²) in [6, 6.07) is 7.76. The molecule has 0 radical (unpaired) electrons. The summed E-state index contributed by atoms with van der Waals surface area (Å²) >= 11 is 0. The van der Waals surface area contributed by atoms with Gasteiger partial charge in [0.1, 0.15) is 5.75 Å². The van der Waals surface area contributed by atoms with Crippen LogP contribution in [0.15, 0.2) is 24.3 Å². The lowest BCUT2D eigenvalue weighted by Gasteiger charge is -2.11. The normalized spacial score (nSPS) is 12.2. The summed E-state index contributed by atoms with van der Waals surface area (Å²) in [5.74, 6) is 0.855. The van der Waals surface area contributed by atoms with Crippen molar-refractivity contribution < 1.29 is 9.84 Å². The highest BCUT2D eigenvalue weighted by Gasteiger charge is 2.00. The van der Waals surface area contributed by atoms with Gasteiger partial charge in [0, 0.05) is 18.3 Å². The zero-order chi connectivity index (χ0) is 11.1. The van der Waals surface area contributed by atoms with Crippen LogP contribution in [-0.4, -0.2) is 24.4 Å². The Morgan fingerprint density at radius 3 is 2.87 bits per heavy atom. The molecular formula is C12H19NO2. The molecule has 84 valence electrons. The molecule has 0 aliphatic carbocycles. The van der Waals surface area contributed by atoms with Crippen molar-refractivity contribution in [3.8, 4) is 5.75 Å². The topological polar surface area (TPSA) is 41.5 Å². The third kappa shape index (κ3) is 4.21. The van der Waals surface area contributed by atoms with E-state index in [1.54, 1.807) is 0 Å². The predicted molar refractivity (Wildman–Crippen MR) is 62.4 cm³/mol. The molecule has 1 aromatic rings. The van der Waals surface area contributed by atoms with Gasteiger partial charge in [0.05, 0.1) is 12.7 Å². The zero-order valence-corrected chi connectivity index (χ0v) is 9.36. The fraction of sp³-hybridized carbons (Fsp3) is 0.500. The fourth-order valence-electron chi connectivity index (χ4n) is 1.24. The lowest BCUT2D eigenvalue weighted by molar-refractivity contribution is 0.183. The molecule has 15 heavy (non-hydrogen) atoms. The van der Waals surface area contributed by atoms with Crippen LogP contribution in [0.25, 0.3) is 0 Å². The van der Waals surface area contributed by atoms with E-state index in [4.69, 9.17) is 4.74 Å². The maximum absolute atomic E-state index is 9.40. The van der Waals surface area contributed by atoms with Gasteiger partial charge in [0.25, 0.3) is 0 Å². The van der Waals surface area contributed by atoms with Gasteiger partial charge in [-0.1, -0.05) is 13.0 Å². The molecule has 0 heterocycles. The molecular weight excluding hydrogens is 190 g/mol. The van der Waals surface area contributed by atoms with E-state index in [9.17, 15) is 5.11 Å². The van der Waals surface area contributed by atoms with Crippen molar-refractivity contribution >= 4 is 5.69 Å². The number of hydrogen-bond acceptors (Lipinski definition) is 3. The summed E-state index contributed by atoms with van der Waals surface area (Å²) in [6.45, 7) is 5.16. The van der Waals surface area contributed by atoms with E-state index in [2.05, 4.69) is 5.32 Å². The molecule has 0 saturated heterocycles. The molecule has 0 aliphatic heterocycles. The molecule has 0 amide bonds. The maximum Gasteiger partial charge on any atom is 0.121 e. The minimum absolute atomic E-state index is 0.291. The van der Waals surface area contributed by atoms with Gasteiger partial charge in [-0.3, -0.25) is 0 Å². The number of aliphatic hydroxyl groups excluding tert-OH is 1. The zero-order valence-electron chi connectivity index (χ0n) is 9.36. The van der Waals surface area contributed by atoms with Gasteiger partial charge in [0.2, 0.25) is 0 Å². The van der Waals surface area contributed by atoms with Crippen molar-refractivity contribution in [2.45, 2.75) is 26.4 Å². The highest BCUT2D eigenvalue weighted by Crippen LogP contribution is 2.17. The Bertz CT molecular complexity index is 289. The van der Waals surface area contributed by atoms with Crippen LogP contribution in [0.2, 0.25) is 0 Å². The molecule has 1 aromatic carbocycles. The molecule has 1 atom stereocenters. The summed E-state index contributed by atoms with van der Waals surface area (Å²) in [4.78, 5) is 0. The molecule has 0 bridgehead atoms. The molecule has 0 fully saturated rings. The van der Waals surface area contributed by atoms with E-state index in [1.807, 2.05) is 38.1 Å². The van der Waals surface area contributed by atoms with Crippen LogP contribution < -0.4 is 10.1 Å². The number of benzene rings is 1. The van der Waals surface area contributed by atoms with Crippen LogP contribution in [0, 0.1) is 0 Å². The highest BCUT2D eigenvalue weighted by atomic mass is 16.5. The Morgan fingerprint density at radius 1 is 1.40 bits per heavy atom. The predicted octanol–water partition coefficient (Wildman–Crippen LogP) is 2.27. The standard InChI is InChI=1S/C12H19NO2/c1-3-11(14)9-13-10-6-5-7-12(8-10)15-4-2/h5-8,11,13-14H,3-4,9H2,1-2H3. The van der Waals surface area contributed by atoms with Gasteiger partial charge in [-0.25, -0.2) is 0 Å². The van der Waals surface area contributed by atoms with Gasteiger partial charge < -0.3 is 15.2 Å². The van der Waals surface area contributed by atoms with E-state index in [0.717, 1.165) is 17.9 Å². The molecule has 1 unspecified atom stereocenters. The second kappa shape index (κ2) is 6.30. The Morgan fingerprint density at radius 2 is 2.20 bits per heavy atom. The van der Waals surface area contributed by atoms with Crippen LogP contribution in [0.5, 0.6) is 5.75 Å². The van der Waals surface area contributed by atoms with Gasteiger partial charge in [0.15, 0.2) is 0 Å². The SMILES string of the molecule is CCOc1cccc(NCC(O)CC)c1. The number of rotatable bonds is 6. The summed E-state index contributed by atoms with van der Waals surface area (Å²) in [6.07, 6.45) is 0.471. The van der Waals surface area contributed by atoms with Crippen molar-refractivity contribution in [3.05, 3.63) is 24.3 Å². The number of ether oxygens (including phenoxy) is 1. The molecule has 0 saturated carbocycles. The molecule has 1 rings (SSSR count). The monoisotopic (exact) mass is 209 g/mol. The van der Waals surface area contributed by atoms with Crippen LogP contribution in [0.3, 0.4) is 0 Å². The average Bonchev–Trinajstić information content (AvgIpc) is 2.27. The molecule has 2 N–H and O–H groups in total. The Balaban J connectivity index is 2.50. The number of anilines is 1. The smallest absolute Gasteiger partial charge is 0.121 e. The summed E-state index contributed by atoms with van der Waals surface area (Å²) in [7, 11) is 0. The second-order valence-electron chi connectivity index (χ2n) is 3.40. The number of aliphatic hydroxyl groups is 1. The fourth-order valence-corrected chi connectivity index (χ4v) is 1.24. The van der Waals surface area contributed by atoms with Crippen molar-refractivity contribution in [2.75, 3.05) is 18.5 Å². The van der Waals surface area contributed by atoms with Crippen molar-refractivity contribution in [1.82, 2.24) is 0 Å². The average molecular weight is 209 g/mol. The molecule has 3 nitrogen and oxygen atoms in total. The molecule has 3 heteroatoms. The Kier molecular flexibility index (Phi) is 4.98. The maximum atomic E-state index is 9.40. The molecule has 0 aromatic heterocycles. The lowest BCUT2D eigenvalue weighted by atomic mass is 10.2. The largest absolute Gasteiger partial charge is 0.494 e. The van der Waals surface area contributed by atoms with Crippen molar-refractivity contribution in [1.29, 1.82) is 0 Å². The third-order valence-electron chi connectivity index (χ3n) is 2.16. The van der Waals surface area contributed by atoms with Crippen molar-refractivity contribution in [2.24, 2.45) is 0 Å². The van der Waals surface area contributed by atoms with E-state index in [0.29, 0.717) is 13.2 Å². The lowest BCUT2D eigenvalue weighted by Crippen LogP contribution is -2.18. The van der Waals surface area contributed by atoms with Gasteiger partial charge in [-0.2, -0.15) is 0 Å². The van der Waals surface area contributed by atoms with Crippen LogP contribution in [0.1, 0.15) is 20.3 Å². The summed E-state index contributed by atoms with van der Waals surface area (Å²) < 4.78 is 5.38. The van der Waals surface area contributed by atoms with Crippen LogP contribution in [0.4, 0.5) is 5.69 Å². The van der Waals surface area contributed by atoms with E-state index in [-0.39, 0.29) is 6.10 Å². The summed E-state index contributed by atoms with van der Waals surface area (Å²) in [5.41, 5.74) is 0.980.